The van der Waals surface area contributed by atoms with Gasteiger partial charge >= 0.3 is 71.6 Å². The Morgan fingerprint density at radius 1 is 0.270 bits per heavy atom. The molecule has 3 heterocycles. The van der Waals surface area contributed by atoms with Gasteiger partial charge in [0.25, 0.3) is 0 Å². The van der Waals surface area contributed by atoms with Crippen molar-refractivity contribution in [1.29, 1.82) is 0 Å². The number of thioether (sulfide) groups is 1. The van der Waals surface area contributed by atoms with Crippen molar-refractivity contribution in [2.24, 2.45) is 0 Å². The Morgan fingerprint density at radius 2 is 0.540 bits per heavy atom. The molecule has 0 aromatic heterocycles. The largest absolute Gasteiger partial charge is 0.462 e. The summed E-state index contributed by atoms with van der Waals surface area (Å²) < 4.78 is 113. The fourth-order valence-corrected chi connectivity index (χ4v) is 14.9. The molecule has 30 heteroatoms. The first-order valence-corrected chi connectivity index (χ1v) is 41.0. The van der Waals surface area contributed by atoms with Gasteiger partial charge in [-0.1, -0.05) is 189 Å². The molecule has 10 aromatic rings. The van der Waals surface area contributed by atoms with Gasteiger partial charge in [-0.25, -0.2) is 47.9 Å². The van der Waals surface area contributed by atoms with E-state index in [0.29, 0.717) is 0 Å². The molecule has 3 aliphatic heterocycles. The second kappa shape index (κ2) is 43.8. The number of carbonyl (C=O) groups is 12. The Labute approximate surface area is 726 Å². The van der Waals surface area contributed by atoms with E-state index in [1.165, 1.54) is 218 Å². The van der Waals surface area contributed by atoms with Crippen molar-refractivity contribution in [2.75, 3.05) is 25.6 Å². The molecular formula is C96H84O29S. The van der Waals surface area contributed by atoms with Gasteiger partial charge < -0.3 is 80.5 Å². The minimum absolute atomic E-state index is 0.00843. The van der Waals surface area contributed by atoms with Crippen LogP contribution in [0.25, 0.3) is 0 Å². The van der Waals surface area contributed by atoms with Crippen LogP contribution in [0.1, 0.15) is 124 Å². The Bertz CT molecular complexity index is 5340. The Balaban J connectivity index is 1.04. The van der Waals surface area contributed by atoms with Crippen LogP contribution in [0, 0.1) is 0 Å². The smallest absolute Gasteiger partial charge is 0.338 e. The standard InChI is InChI=1S/C96H84O29S/c1-4-126-96-83(124-95-82(121-93(108)69-53-33-14-34-54-69)79(118-90(105)66-47-27-11-28-48-66)76(116-88(103)64-43-23-9-24-44-64)74(122-95)71(113-86(101)62-39-19-7-20-40-62)56-110-84(99)60-35-15-5-16-36-60)80(119-91(106)67-49-29-12-30-50-67)77(75(125-96)70(112-59(3)98)55-109-58(2)97)123-94-81(120-92(107)68-51-31-13-32-52-68)78(117-89(104)65-45-25-10-26-46-65)73(115-87(102)63-41-21-8-22-42-63)72(114-94)57-111-85(100)61-37-17-6-18-38-61/h5-54,70-83,94-96H,4,55-57H2,1-3H3/t70-,71-,72+,73+,74+,75+,76+,77+,78-,79-,80-,81+,82-,83-,94-,95+,96+/m0/s1. The van der Waals surface area contributed by atoms with Crippen molar-refractivity contribution >= 4 is 83.4 Å². The average molecular weight is 1730 g/mol. The van der Waals surface area contributed by atoms with Gasteiger partial charge in [-0.3, -0.25) is 9.59 Å². The molecular weight excluding hydrogens is 1650 g/mol. The molecule has 0 radical (unpaired) electrons. The third-order valence-electron chi connectivity index (χ3n) is 19.9. The molecule has 3 aliphatic rings. The topological polar surface area (TPSA) is 362 Å². The summed E-state index contributed by atoms with van der Waals surface area (Å²) in [6.07, 6.45) is -34.6. The first-order chi connectivity index (χ1) is 61.2. The highest BCUT2D eigenvalue weighted by Crippen LogP contribution is 2.43. The molecule has 17 atom stereocenters. The summed E-state index contributed by atoms with van der Waals surface area (Å²) in [6, 6.07) is 74.6. The predicted octanol–water partition coefficient (Wildman–Crippen LogP) is 12.7. The Hall–Kier alpha value is -14.0. The van der Waals surface area contributed by atoms with Gasteiger partial charge in [0, 0.05) is 13.8 Å². The van der Waals surface area contributed by atoms with Crippen molar-refractivity contribution in [3.8, 4) is 0 Å². The van der Waals surface area contributed by atoms with Crippen molar-refractivity contribution in [1.82, 2.24) is 0 Å². The van der Waals surface area contributed by atoms with Gasteiger partial charge in [-0.15, -0.1) is 11.8 Å². The van der Waals surface area contributed by atoms with Crippen molar-refractivity contribution in [2.45, 2.75) is 124 Å². The van der Waals surface area contributed by atoms with Crippen LogP contribution in [0.15, 0.2) is 303 Å². The first kappa shape index (κ1) is 89.7. The maximum absolute atomic E-state index is 15.8. The van der Waals surface area contributed by atoms with E-state index in [9.17, 15) is 28.8 Å². The van der Waals surface area contributed by atoms with Crippen LogP contribution in [0.5, 0.6) is 0 Å². The van der Waals surface area contributed by atoms with Crippen LogP contribution in [-0.2, 0) is 90.1 Å². The Morgan fingerprint density at radius 3 is 0.889 bits per heavy atom. The molecule has 0 N–H and O–H groups in total. The van der Waals surface area contributed by atoms with Gasteiger partial charge in [-0.2, -0.15) is 0 Å². The predicted molar refractivity (Wildman–Crippen MR) is 445 cm³/mol. The van der Waals surface area contributed by atoms with Crippen LogP contribution in [0.2, 0.25) is 0 Å². The SMILES string of the molecule is CCS[C@H]1O[C@H]([C@H](COC(C)=O)OC(C)=O)[C@@H](O[C@@H]2O[C@H](COC(=O)c3ccccc3)[C@@H](OC(=O)c3ccccc3)[C@H](OC(=O)c3ccccc3)[C@H]2OC(=O)c2ccccc2)[C@H](OC(=O)c2ccccc2)[C@@H]1O[C@H]1O[C@H]([C@H](COC(=O)c2ccccc2)OC(=O)c2ccccc2)[C@@H](OC(=O)c2ccccc2)[C@H](OC(=O)c2ccccc2)[C@@H]1OC(=O)c1ccccc1. The number of benzene rings is 10. The first-order valence-electron chi connectivity index (χ1n) is 40.0. The summed E-state index contributed by atoms with van der Waals surface area (Å²) in [7, 11) is 0. The van der Waals surface area contributed by atoms with Crippen LogP contribution in [0.4, 0.5) is 0 Å². The highest BCUT2D eigenvalue weighted by molar-refractivity contribution is 7.99. The molecule has 0 saturated carbocycles. The van der Waals surface area contributed by atoms with Gasteiger partial charge in [0.05, 0.1) is 55.6 Å². The van der Waals surface area contributed by atoms with E-state index in [-0.39, 0.29) is 61.4 Å². The van der Waals surface area contributed by atoms with E-state index in [1.807, 2.05) is 0 Å². The van der Waals surface area contributed by atoms with Gasteiger partial charge in [-0.05, 0) is 127 Å². The van der Waals surface area contributed by atoms with E-state index in [4.69, 9.17) is 80.5 Å². The molecule has 13 rings (SSSR count). The molecule has 0 aliphatic carbocycles. The van der Waals surface area contributed by atoms with Gasteiger partial charge in [0.2, 0.25) is 0 Å². The van der Waals surface area contributed by atoms with E-state index < -0.39 is 195 Å². The zero-order chi connectivity index (χ0) is 88.4. The number of hydrogen-bond acceptors (Lipinski definition) is 30. The van der Waals surface area contributed by atoms with E-state index in [1.54, 1.807) is 91.9 Å². The molecule has 126 heavy (non-hydrogen) atoms. The summed E-state index contributed by atoms with van der Waals surface area (Å²) in [5, 5.41) is 0. The van der Waals surface area contributed by atoms with E-state index in [0.717, 1.165) is 25.6 Å². The maximum Gasteiger partial charge on any atom is 0.338 e. The lowest BCUT2D eigenvalue weighted by molar-refractivity contribution is -0.362. The van der Waals surface area contributed by atoms with Gasteiger partial charge in [0.15, 0.2) is 67.5 Å². The second-order valence-corrected chi connectivity index (χ2v) is 29.9. The zero-order valence-electron chi connectivity index (χ0n) is 67.8. The molecule has 0 spiro atoms. The monoisotopic (exact) mass is 1730 g/mol. The van der Waals surface area contributed by atoms with Crippen LogP contribution < -0.4 is 0 Å². The number of hydrogen-bond donors (Lipinski definition) is 0. The number of esters is 12. The summed E-state index contributed by atoms with van der Waals surface area (Å²) in [5.41, 5.74) is -2.62. The molecule has 0 amide bonds. The highest BCUT2D eigenvalue weighted by Gasteiger charge is 2.63. The third kappa shape index (κ3) is 23.5. The lowest BCUT2D eigenvalue weighted by Crippen LogP contribution is -2.70. The normalized spacial score (nSPS) is 22.3. The second-order valence-electron chi connectivity index (χ2n) is 28.5. The molecule has 10 aromatic carbocycles. The van der Waals surface area contributed by atoms with Crippen molar-refractivity contribution < 1.29 is 138 Å². The van der Waals surface area contributed by atoms with Gasteiger partial charge in [0.1, 0.15) is 55.8 Å². The molecule has 648 valence electrons. The fourth-order valence-electron chi connectivity index (χ4n) is 13.9. The third-order valence-corrected chi connectivity index (χ3v) is 20.9. The zero-order valence-corrected chi connectivity index (χ0v) is 68.6. The maximum atomic E-state index is 15.8. The molecule has 29 nitrogen and oxygen atoms in total. The fraction of sp³-hybridized carbons (Fsp3) is 0.250. The summed E-state index contributed by atoms with van der Waals surface area (Å²) in [6.45, 7) is 0.934. The number of rotatable bonds is 33. The van der Waals surface area contributed by atoms with Crippen LogP contribution in [0.3, 0.4) is 0 Å². The summed E-state index contributed by atoms with van der Waals surface area (Å²) in [4.78, 5) is 178. The van der Waals surface area contributed by atoms with Crippen LogP contribution >= 0.6 is 11.8 Å². The van der Waals surface area contributed by atoms with Crippen molar-refractivity contribution in [3.63, 3.8) is 0 Å². The lowest BCUT2D eigenvalue weighted by atomic mass is 9.92. The average Bonchev–Trinajstić information content (AvgIpc) is 0.748. The molecule has 3 saturated heterocycles. The molecule has 0 unspecified atom stereocenters. The minimum atomic E-state index is -2.42. The molecule has 0 bridgehead atoms. The summed E-state index contributed by atoms with van der Waals surface area (Å²) in [5.74, 6) is -13.0. The lowest BCUT2D eigenvalue weighted by Gasteiger charge is -2.52. The van der Waals surface area contributed by atoms with E-state index >= 15 is 28.8 Å². The highest BCUT2D eigenvalue weighted by atomic mass is 32.2. The number of carbonyl (C=O) groups excluding carboxylic acids is 12. The van der Waals surface area contributed by atoms with E-state index in [2.05, 4.69) is 0 Å². The minimum Gasteiger partial charge on any atom is -0.462 e. The quantitative estimate of drug-likeness (QED) is 0.0272. The Kier molecular flexibility index (Phi) is 31.2. The number of ether oxygens (including phenoxy) is 17. The van der Waals surface area contributed by atoms with Crippen molar-refractivity contribution in [3.05, 3.63) is 359 Å². The van der Waals surface area contributed by atoms with Crippen LogP contribution in [-0.4, -0.2) is 201 Å². The molecule has 3 fully saturated rings. The summed E-state index contributed by atoms with van der Waals surface area (Å²) >= 11 is 0.919.